The molecule has 1 aromatic heterocycles. The van der Waals surface area contributed by atoms with Crippen molar-refractivity contribution in [3.05, 3.63) is 63.6 Å². The smallest absolute Gasteiger partial charge is 0.259 e. The molecule has 3 N–H and O–H groups in total. The van der Waals surface area contributed by atoms with E-state index in [1.807, 2.05) is 19.1 Å². The van der Waals surface area contributed by atoms with E-state index in [2.05, 4.69) is 4.98 Å². The minimum Gasteiger partial charge on any atom is -0.399 e. The number of carbonyl (C=O) groups is 1. The Balaban J connectivity index is 2.22. The van der Waals surface area contributed by atoms with Gasteiger partial charge in [0.25, 0.3) is 5.91 Å². The second kappa shape index (κ2) is 6.26. The van der Waals surface area contributed by atoms with Gasteiger partial charge in [-0.25, -0.2) is 0 Å². The lowest BCUT2D eigenvalue weighted by Crippen LogP contribution is -2.33. The summed E-state index contributed by atoms with van der Waals surface area (Å²) in [7, 11) is 0. The standard InChI is InChI=1S/C16H19N3O2/c1-3-19(10-12-4-6-13(17)7-5-12)16(21)14-9-18-11(2)8-15(14)20/h4-9H,3,10,17H2,1-2H3,(H,18,20). The number of nitrogens with one attached hydrogen (secondary N) is 1. The number of pyridine rings is 1. The second-order valence-electron chi connectivity index (χ2n) is 4.95. The second-order valence-corrected chi connectivity index (χ2v) is 4.95. The Morgan fingerprint density at radius 1 is 1.29 bits per heavy atom. The lowest BCUT2D eigenvalue weighted by Gasteiger charge is -2.20. The van der Waals surface area contributed by atoms with E-state index >= 15 is 0 Å². The Morgan fingerprint density at radius 2 is 1.95 bits per heavy atom. The molecule has 0 fully saturated rings. The number of hydrogen-bond donors (Lipinski definition) is 2. The largest absolute Gasteiger partial charge is 0.399 e. The van der Waals surface area contributed by atoms with Gasteiger partial charge in [0.1, 0.15) is 5.56 Å². The lowest BCUT2D eigenvalue weighted by atomic mass is 10.1. The van der Waals surface area contributed by atoms with E-state index in [0.29, 0.717) is 18.8 Å². The van der Waals surface area contributed by atoms with Crippen molar-refractivity contribution in [3.63, 3.8) is 0 Å². The number of nitrogen functional groups attached to an aromatic ring is 1. The van der Waals surface area contributed by atoms with Gasteiger partial charge in [-0.2, -0.15) is 0 Å². The summed E-state index contributed by atoms with van der Waals surface area (Å²) in [6, 6.07) is 8.79. The minimum atomic E-state index is -0.268. The van der Waals surface area contributed by atoms with Crippen LogP contribution in [0.5, 0.6) is 0 Å². The molecular weight excluding hydrogens is 266 g/mol. The van der Waals surface area contributed by atoms with Gasteiger partial charge in [0, 0.05) is 36.7 Å². The van der Waals surface area contributed by atoms with E-state index in [4.69, 9.17) is 5.73 Å². The third-order valence-electron chi connectivity index (χ3n) is 3.31. The van der Waals surface area contributed by atoms with Gasteiger partial charge < -0.3 is 15.6 Å². The maximum absolute atomic E-state index is 12.5. The van der Waals surface area contributed by atoms with Crippen LogP contribution in [-0.4, -0.2) is 22.3 Å². The van der Waals surface area contributed by atoms with Crippen LogP contribution in [0.3, 0.4) is 0 Å². The van der Waals surface area contributed by atoms with Crippen molar-refractivity contribution in [3.8, 4) is 0 Å². The lowest BCUT2D eigenvalue weighted by molar-refractivity contribution is 0.0751. The van der Waals surface area contributed by atoms with Gasteiger partial charge >= 0.3 is 0 Å². The summed E-state index contributed by atoms with van der Waals surface area (Å²) >= 11 is 0. The van der Waals surface area contributed by atoms with Gasteiger partial charge in [-0.05, 0) is 31.5 Å². The Hall–Kier alpha value is -2.56. The van der Waals surface area contributed by atoms with Crippen LogP contribution in [0, 0.1) is 6.92 Å². The summed E-state index contributed by atoms with van der Waals surface area (Å²) < 4.78 is 0. The molecule has 1 aromatic carbocycles. The molecule has 2 rings (SSSR count). The molecule has 0 unspecified atom stereocenters. The number of H-pyrrole nitrogens is 1. The highest BCUT2D eigenvalue weighted by molar-refractivity contribution is 5.93. The molecule has 0 saturated carbocycles. The van der Waals surface area contributed by atoms with E-state index in [1.54, 1.807) is 24.0 Å². The van der Waals surface area contributed by atoms with Gasteiger partial charge in [-0.15, -0.1) is 0 Å². The van der Waals surface area contributed by atoms with Crippen LogP contribution in [0.25, 0.3) is 0 Å². The topological polar surface area (TPSA) is 79.2 Å². The van der Waals surface area contributed by atoms with Crippen LogP contribution in [0.1, 0.15) is 28.5 Å². The van der Waals surface area contributed by atoms with Crippen LogP contribution in [-0.2, 0) is 6.54 Å². The molecule has 0 aliphatic rings. The summed E-state index contributed by atoms with van der Waals surface area (Å²) in [6.45, 7) is 4.64. The number of rotatable bonds is 4. The molecule has 0 aliphatic carbocycles. The zero-order chi connectivity index (χ0) is 15.4. The molecule has 0 aliphatic heterocycles. The first-order chi connectivity index (χ1) is 10.0. The third-order valence-corrected chi connectivity index (χ3v) is 3.31. The Labute approximate surface area is 123 Å². The summed E-state index contributed by atoms with van der Waals surface area (Å²) in [4.78, 5) is 28.9. The molecule has 2 aromatic rings. The molecule has 5 nitrogen and oxygen atoms in total. The fourth-order valence-corrected chi connectivity index (χ4v) is 2.08. The van der Waals surface area contributed by atoms with Gasteiger partial charge in [-0.3, -0.25) is 9.59 Å². The van der Waals surface area contributed by atoms with Crippen molar-refractivity contribution >= 4 is 11.6 Å². The van der Waals surface area contributed by atoms with E-state index in [1.165, 1.54) is 12.3 Å². The molecule has 1 amide bonds. The Morgan fingerprint density at radius 3 is 2.52 bits per heavy atom. The molecule has 0 bridgehead atoms. The normalized spacial score (nSPS) is 10.4. The molecule has 0 radical (unpaired) electrons. The Bertz CT molecular complexity index is 689. The van der Waals surface area contributed by atoms with Crippen molar-refractivity contribution in [2.75, 3.05) is 12.3 Å². The molecule has 5 heteroatoms. The van der Waals surface area contributed by atoms with Crippen molar-refractivity contribution in [2.45, 2.75) is 20.4 Å². The molecular formula is C16H19N3O2. The number of aryl methyl sites for hydroxylation is 1. The van der Waals surface area contributed by atoms with Crippen LogP contribution in [0.4, 0.5) is 5.69 Å². The van der Waals surface area contributed by atoms with Gasteiger partial charge in [-0.1, -0.05) is 12.1 Å². The van der Waals surface area contributed by atoms with E-state index in [0.717, 1.165) is 11.3 Å². The van der Waals surface area contributed by atoms with Crippen LogP contribution >= 0.6 is 0 Å². The van der Waals surface area contributed by atoms with Crippen molar-refractivity contribution in [1.29, 1.82) is 0 Å². The maximum Gasteiger partial charge on any atom is 0.259 e. The fraction of sp³-hybridized carbons (Fsp3) is 0.250. The number of benzene rings is 1. The van der Waals surface area contributed by atoms with Gasteiger partial charge in [0.05, 0.1) is 0 Å². The number of hydrogen-bond acceptors (Lipinski definition) is 3. The summed E-state index contributed by atoms with van der Waals surface area (Å²) in [5.74, 6) is -0.268. The number of nitrogens with zero attached hydrogens (tertiary/aromatic N) is 1. The zero-order valence-electron chi connectivity index (χ0n) is 12.2. The first-order valence-corrected chi connectivity index (χ1v) is 6.84. The van der Waals surface area contributed by atoms with Crippen LogP contribution < -0.4 is 11.2 Å². The predicted molar refractivity (Wildman–Crippen MR) is 83.1 cm³/mol. The average Bonchev–Trinajstić information content (AvgIpc) is 2.46. The Kier molecular flexibility index (Phi) is 4.42. The monoisotopic (exact) mass is 285 g/mol. The van der Waals surface area contributed by atoms with Crippen LogP contribution in [0.2, 0.25) is 0 Å². The molecule has 1 heterocycles. The highest BCUT2D eigenvalue weighted by atomic mass is 16.2. The van der Waals surface area contributed by atoms with Crippen molar-refractivity contribution in [1.82, 2.24) is 9.88 Å². The molecule has 110 valence electrons. The number of aromatic amines is 1. The molecule has 0 spiro atoms. The van der Waals surface area contributed by atoms with Gasteiger partial charge in [0.15, 0.2) is 5.43 Å². The maximum atomic E-state index is 12.5. The SMILES string of the molecule is CCN(Cc1ccc(N)cc1)C(=O)c1c[nH]c(C)cc1=O. The zero-order valence-corrected chi connectivity index (χ0v) is 12.2. The third kappa shape index (κ3) is 3.51. The summed E-state index contributed by atoms with van der Waals surface area (Å²) in [5.41, 5.74) is 7.95. The highest BCUT2D eigenvalue weighted by Crippen LogP contribution is 2.10. The van der Waals surface area contributed by atoms with Gasteiger partial charge in [0.2, 0.25) is 0 Å². The van der Waals surface area contributed by atoms with Crippen molar-refractivity contribution < 1.29 is 4.79 Å². The fourth-order valence-electron chi connectivity index (χ4n) is 2.08. The van der Waals surface area contributed by atoms with E-state index in [9.17, 15) is 9.59 Å². The van der Waals surface area contributed by atoms with E-state index < -0.39 is 0 Å². The first kappa shape index (κ1) is 14.8. The summed E-state index contributed by atoms with van der Waals surface area (Å²) in [5, 5.41) is 0. The number of carbonyl (C=O) groups excluding carboxylic acids is 1. The average molecular weight is 285 g/mol. The molecule has 21 heavy (non-hydrogen) atoms. The number of aromatic nitrogens is 1. The number of nitrogens with two attached hydrogens (primary N) is 1. The van der Waals surface area contributed by atoms with Crippen LogP contribution in [0.15, 0.2) is 41.3 Å². The van der Waals surface area contributed by atoms with Crippen molar-refractivity contribution in [2.24, 2.45) is 0 Å². The summed E-state index contributed by atoms with van der Waals surface area (Å²) in [6.07, 6.45) is 1.48. The number of anilines is 1. The predicted octanol–water partition coefficient (Wildman–Crippen LogP) is 1.93. The molecule has 0 saturated heterocycles. The first-order valence-electron chi connectivity index (χ1n) is 6.84. The minimum absolute atomic E-state index is 0.165. The number of amides is 1. The highest BCUT2D eigenvalue weighted by Gasteiger charge is 2.17. The quantitative estimate of drug-likeness (QED) is 0.842. The molecule has 0 atom stereocenters. The van der Waals surface area contributed by atoms with E-state index in [-0.39, 0.29) is 16.9 Å².